The zero-order chi connectivity index (χ0) is 11.1. The number of nitrogens with one attached hydrogen (secondary N) is 1. The topological polar surface area (TPSA) is 15.3 Å². The van der Waals surface area contributed by atoms with Crippen LogP contribution in [-0.4, -0.2) is 38.1 Å². The van der Waals surface area contributed by atoms with Gasteiger partial charge in [0, 0.05) is 12.6 Å². The Hall–Kier alpha value is -0.340. The molecule has 2 heteroatoms. The fourth-order valence-electron chi connectivity index (χ4n) is 2.18. The summed E-state index contributed by atoms with van der Waals surface area (Å²) in [6.45, 7) is 4.50. The van der Waals surface area contributed by atoms with Crippen molar-refractivity contribution in [2.45, 2.75) is 45.1 Å². The molecule has 0 saturated carbocycles. The van der Waals surface area contributed by atoms with Gasteiger partial charge >= 0.3 is 0 Å². The molecule has 1 unspecified atom stereocenters. The van der Waals surface area contributed by atoms with Gasteiger partial charge in [-0.05, 0) is 52.7 Å². The van der Waals surface area contributed by atoms with Crippen LogP contribution in [0.1, 0.15) is 39.0 Å². The zero-order valence-electron chi connectivity index (χ0n) is 10.6. The van der Waals surface area contributed by atoms with E-state index < -0.39 is 0 Å². The minimum atomic E-state index is 0.584. The highest BCUT2D eigenvalue weighted by Gasteiger charge is 2.15. The molecule has 0 amide bonds. The van der Waals surface area contributed by atoms with Gasteiger partial charge in [-0.1, -0.05) is 18.6 Å². The fourth-order valence-corrected chi connectivity index (χ4v) is 2.18. The molecule has 0 heterocycles. The first kappa shape index (κ1) is 12.7. The maximum Gasteiger partial charge on any atom is 0.0408 e. The lowest BCUT2D eigenvalue weighted by Crippen LogP contribution is -2.40. The molecule has 0 saturated heterocycles. The third-order valence-electron chi connectivity index (χ3n) is 2.96. The predicted octanol–water partition coefficient (Wildman–Crippen LogP) is 2.42. The Morgan fingerprint density at radius 2 is 2.20 bits per heavy atom. The quantitative estimate of drug-likeness (QED) is 0.677. The normalized spacial score (nSPS) is 19.1. The second-order valence-corrected chi connectivity index (χ2v) is 4.79. The van der Waals surface area contributed by atoms with Crippen LogP contribution in [0.4, 0.5) is 0 Å². The molecule has 1 aliphatic carbocycles. The molecule has 0 spiro atoms. The maximum absolute atomic E-state index is 3.66. The summed E-state index contributed by atoms with van der Waals surface area (Å²) < 4.78 is 0. The van der Waals surface area contributed by atoms with Crippen LogP contribution < -0.4 is 5.32 Å². The van der Waals surface area contributed by atoms with E-state index in [1.54, 1.807) is 5.57 Å². The lowest BCUT2D eigenvalue weighted by Gasteiger charge is -2.27. The Kier molecular flexibility index (Phi) is 5.96. The fraction of sp³-hybridized carbons (Fsp3) is 0.846. The van der Waals surface area contributed by atoms with Gasteiger partial charge in [0.05, 0.1) is 0 Å². The van der Waals surface area contributed by atoms with Gasteiger partial charge in [0.2, 0.25) is 0 Å². The third-order valence-corrected chi connectivity index (χ3v) is 2.96. The number of allylic oxidation sites excluding steroid dienone is 1. The van der Waals surface area contributed by atoms with Gasteiger partial charge in [-0.15, -0.1) is 0 Å². The van der Waals surface area contributed by atoms with Gasteiger partial charge in [0.25, 0.3) is 0 Å². The van der Waals surface area contributed by atoms with Crippen molar-refractivity contribution in [1.29, 1.82) is 0 Å². The number of nitrogens with zero attached hydrogens (tertiary/aromatic N) is 1. The Labute approximate surface area is 94.7 Å². The molecule has 1 N–H and O–H groups in total. The average Bonchev–Trinajstić information content (AvgIpc) is 2.25. The van der Waals surface area contributed by atoms with Crippen LogP contribution in [0.3, 0.4) is 0 Å². The van der Waals surface area contributed by atoms with Gasteiger partial charge in [0.15, 0.2) is 0 Å². The Morgan fingerprint density at radius 1 is 1.40 bits per heavy atom. The van der Waals surface area contributed by atoms with Crippen LogP contribution in [0.25, 0.3) is 0 Å². The molecule has 0 aliphatic heterocycles. The van der Waals surface area contributed by atoms with Crippen LogP contribution in [0.2, 0.25) is 0 Å². The number of rotatable bonds is 6. The van der Waals surface area contributed by atoms with Crippen LogP contribution in [0.5, 0.6) is 0 Å². The Balaban J connectivity index is 2.49. The minimum Gasteiger partial charge on any atom is -0.309 e. The monoisotopic (exact) mass is 210 g/mol. The molecule has 0 aromatic heterocycles. The lowest BCUT2D eigenvalue weighted by atomic mass is 9.93. The summed E-state index contributed by atoms with van der Waals surface area (Å²) in [6, 6.07) is 0.584. The summed E-state index contributed by atoms with van der Waals surface area (Å²) in [5.41, 5.74) is 1.64. The first-order valence-corrected chi connectivity index (χ1v) is 6.31. The van der Waals surface area contributed by atoms with Crippen molar-refractivity contribution in [3.63, 3.8) is 0 Å². The van der Waals surface area contributed by atoms with Crippen LogP contribution in [0.15, 0.2) is 11.6 Å². The van der Waals surface area contributed by atoms with Crippen LogP contribution >= 0.6 is 0 Å². The lowest BCUT2D eigenvalue weighted by molar-refractivity contribution is 0.352. The molecule has 1 rings (SSSR count). The zero-order valence-corrected chi connectivity index (χ0v) is 10.6. The second-order valence-electron chi connectivity index (χ2n) is 4.79. The summed E-state index contributed by atoms with van der Waals surface area (Å²) in [6.07, 6.45) is 9.02. The van der Waals surface area contributed by atoms with E-state index in [4.69, 9.17) is 0 Å². The van der Waals surface area contributed by atoms with Crippen LogP contribution in [-0.2, 0) is 0 Å². The van der Waals surface area contributed by atoms with Gasteiger partial charge in [-0.2, -0.15) is 0 Å². The van der Waals surface area contributed by atoms with E-state index in [0.717, 1.165) is 13.1 Å². The van der Waals surface area contributed by atoms with Crippen LogP contribution in [0, 0.1) is 0 Å². The largest absolute Gasteiger partial charge is 0.309 e. The molecule has 1 aliphatic rings. The highest BCUT2D eigenvalue weighted by molar-refractivity contribution is 5.13. The van der Waals surface area contributed by atoms with Gasteiger partial charge in [-0.3, -0.25) is 0 Å². The number of hydrogen-bond donors (Lipinski definition) is 1. The SMILES string of the molecule is CCCNC(CN(C)C)C1=CCCCC1. The predicted molar refractivity (Wildman–Crippen MR) is 67.2 cm³/mol. The molecule has 0 radical (unpaired) electrons. The van der Waals surface area contributed by atoms with Gasteiger partial charge in [0.1, 0.15) is 0 Å². The highest BCUT2D eigenvalue weighted by Crippen LogP contribution is 2.20. The summed E-state index contributed by atoms with van der Waals surface area (Å²) in [7, 11) is 4.31. The third kappa shape index (κ3) is 4.80. The maximum atomic E-state index is 3.66. The summed E-state index contributed by atoms with van der Waals surface area (Å²) in [5.74, 6) is 0. The standard InChI is InChI=1S/C13H26N2/c1-4-10-14-13(11-15(2)3)12-8-6-5-7-9-12/h8,13-14H,4-7,9-11H2,1-3H3. The molecule has 0 bridgehead atoms. The van der Waals surface area contributed by atoms with E-state index in [1.807, 2.05) is 0 Å². The van der Waals surface area contributed by atoms with E-state index in [2.05, 4.69) is 37.3 Å². The molecule has 0 aromatic carbocycles. The van der Waals surface area contributed by atoms with E-state index >= 15 is 0 Å². The minimum absolute atomic E-state index is 0.584. The van der Waals surface area contributed by atoms with Crippen molar-refractivity contribution in [2.75, 3.05) is 27.2 Å². The molecule has 88 valence electrons. The molecular formula is C13H26N2. The Morgan fingerprint density at radius 3 is 2.73 bits per heavy atom. The summed E-state index contributed by atoms with van der Waals surface area (Å²) in [4.78, 5) is 2.28. The summed E-state index contributed by atoms with van der Waals surface area (Å²) >= 11 is 0. The summed E-state index contributed by atoms with van der Waals surface area (Å²) in [5, 5.41) is 3.66. The number of likely N-dealkylation sites (N-methyl/N-ethyl adjacent to an activating group) is 1. The van der Waals surface area contributed by atoms with E-state index in [-0.39, 0.29) is 0 Å². The smallest absolute Gasteiger partial charge is 0.0408 e. The van der Waals surface area contributed by atoms with Crippen molar-refractivity contribution in [1.82, 2.24) is 10.2 Å². The van der Waals surface area contributed by atoms with Crippen molar-refractivity contribution < 1.29 is 0 Å². The number of hydrogen-bond acceptors (Lipinski definition) is 2. The van der Waals surface area contributed by atoms with Crippen molar-refractivity contribution >= 4 is 0 Å². The van der Waals surface area contributed by atoms with Gasteiger partial charge in [-0.25, -0.2) is 0 Å². The van der Waals surface area contributed by atoms with Crippen molar-refractivity contribution in [3.05, 3.63) is 11.6 Å². The first-order chi connectivity index (χ1) is 7.24. The van der Waals surface area contributed by atoms with E-state index in [1.165, 1.54) is 32.1 Å². The molecule has 0 fully saturated rings. The molecule has 2 nitrogen and oxygen atoms in total. The Bertz CT molecular complexity index is 197. The molecule has 1 atom stereocenters. The molecular weight excluding hydrogens is 184 g/mol. The van der Waals surface area contributed by atoms with E-state index in [0.29, 0.717) is 6.04 Å². The van der Waals surface area contributed by atoms with Crippen molar-refractivity contribution in [3.8, 4) is 0 Å². The van der Waals surface area contributed by atoms with Crippen molar-refractivity contribution in [2.24, 2.45) is 0 Å². The second kappa shape index (κ2) is 7.02. The first-order valence-electron chi connectivity index (χ1n) is 6.31. The van der Waals surface area contributed by atoms with E-state index in [9.17, 15) is 0 Å². The molecule has 0 aromatic rings. The average molecular weight is 210 g/mol. The molecule has 15 heavy (non-hydrogen) atoms. The van der Waals surface area contributed by atoms with Gasteiger partial charge < -0.3 is 10.2 Å². The highest BCUT2D eigenvalue weighted by atomic mass is 15.1.